The van der Waals surface area contributed by atoms with E-state index in [0.717, 1.165) is 44.9 Å². The topological polar surface area (TPSA) is 95.9 Å². The van der Waals surface area contributed by atoms with Gasteiger partial charge in [0, 0.05) is 12.8 Å². The van der Waals surface area contributed by atoms with Gasteiger partial charge in [0.1, 0.15) is 0 Å². The van der Waals surface area contributed by atoms with Gasteiger partial charge in [0.15, 0.2) is 0 Å². The normalized spacial score (nSPS) is 12.6. The van der Waals surface area contributed by atoms with Crippen molar-refractivity contribution in [1.82, 2.24) is 5.32 Å². The summed E-state index contributed by atoms with van der Waals surface area (Å²) in [7, 11) is 0. The Kier molecular flexibility index (Phi) is 59.9. The number of allylic oxidation sites excluding steroid dienone is 2. The molecule has 0 aromatic carbocycles. The van der Waals surface area contributed by atoms with E-state index >= 15 is 0 Å². The second-order valence-electron chi connectivity index (χ2n) is 22.5. The van der Waals surface area contributed by atoms with Crippen LogP contribution in [0.5, 0.6) is 0 Å². The molecule has 2 unspecified atom stereocenters. The number of hydrogen-bond donors (Lipinski definition) is 3. The summed E-state index contributed by atoms with van der Waals surface area (Å²) >= 11 is 0. The van der Waals surface area contributed by atoms with Crippen LogP contribution in [0.25, 0.3) is 0 Å². The molecule has 0 aliphatic carbocycles. The molecule has 0 rings (SSSR count). The maximum atomic E-state index is 12.5. The zero-order valence-electron chi connectivity index (χ0n) is 48.2. The van der Waals surface area contributed by atoms with Crippen molar-refractivity contribution in [2.24, 2.45) is 0 Å². The molecule has 1 amide bonds. The van der Waals surface area contributed by atoms with E-state index in [1.807, 2.05) is 0 Å². The number of aliphatic hydroxyl groups is 2. The van der Waals surface area contributed by atoms with Crippen molar-refractivity contribution in [2.45, 2.75) is 379 Å². The second-order valence-corrected chi connectivity index (χ2v) is 22.5. The van der Waals surface area contributed by atoms with Gasteiger partial charge in [0.2, 0.25) is 5.91 Å². The minimum Gasteiger partial charge on any atom is -0.466 e. The summed E-state index contributed by atoms with van der Waals surface area (Å²) in [6, 6.07) is -0.547. The van der Waals surface area contributed by atoms with E-state index in [0.29, 0.717) is 25.9 Å². The van der Waals surface area contributed by atoms with E-state index in [2.05, 4.69) is 31.3 Å². The minimum atomic E-state index is -0.669. The Morgan fingerprint density at radius 3 is 1.00 bits per heavy atom. The Labute approximate surface area is 444 Å². The van der Waals surface area contributed by atoms with Crippen molar-refractivity contribution < 1.29 is 24.5 Å². The number of unbranched alkanes of at least 4 members (excludes halogenated alkanes) is 48. The lowest BCUT2D eigenvalue weighted by Gasteiger charge is -2.22. The number of amides is 1. The number of rotatable bonds is 61. The van der Waals surface area contributed by atoms with Crippen LogP contribution in [0.3, 0.4) is 0 Å². The molecule has 0 aromatic heterocycles. The Morgan fingerprint density at radius 1 is 0.380 bits per heavy atom. The molecule has 0 fully saturated rings. The van der Waals surface area contributed by atoms with Crippen LogP contribution >= 0.6 is 0 Å². The molecule has 0 heterocycles. The summed E-state index contributed by atoms with van der Waals surface area (Å²) in [6.07, 6.45) is 73.6. The SMILES string of the molecule is CCCCCCCC/C=C\CCCCCCCCCCCC(=O)OCCCCCCCCCCCCCCCCCCC(=O)NC(CO)C(O)CCCCCCCCCCCCCCCCCCCCC. The van der Waals surface area contributed by atoms with Crippen molar-refractivity contribution in [3.8, 4) is 0 Å². The minimum absolute atomic E-state index is 0.00402. The average Bonchev–Trinajstić information content (AvgIpc) is 3.37. The smallest absolute Gasteiger partial charge is 0.305 e. The van der Waals surface area contributed by atoms with E-state index in [4.69, 9.17) is 4.74 Å². The van der Waals surface area contributed by atoms with Gasteiger partial charge in [0.25, 0.3) is 0 Å². The highest BCUT2D eigenvalue weighted by molar-refractivity contribution is 5.76. The number of hydrogen-bond acceptors (Lipinski definition) is 5. The van der Waals surface area contributed by atoms with Crippen LogP contribution in [0.1, 0.15) is 367 Å². The maximum Gasteiger partial charge on any atom is 0.305 e. The molecule has 6 heteroatoms. The third-order valence-corrected chi connectivity index (χ3v) is 15.3. The lowest BCUT2D eigenvalue weighted by atomic mass is 10.0. The zero-order chi connectivity index (χ0) is 51.4. The molecule has 3 N–H and O–H groups in total. The molecule has 0 aromatic rings. The average molecular weight is 1000 g/mol. The number of nitrogens with one attached hydrogen (secondary N) is 1. The fraction of sp³-hybridized carbons (Fsp3) is 0.938. The first-order valence-electron chi connectivity index (χ1n) is 32.4. The maximum absolute atomic E-state index is 12.5. The molecule has 2 atom stereocenters. The first-order valence-corrected chi connectivity index (χ1v) is 32.4. The first-order chi connectivity index (χ1) is 35.0. The standard InChI is InChI=1S/C65H127NO5/c1-3-5-7-9-11-13-15-17-19-21-23-25-29-33-37-41-45-49-53-57-63(68)62(61-67)66-64(69)58-54-50-46-42-38-34-30-27-28-32-36-40-44-48-52-56-60-71-65(70)59-55-51-47-43-39-35-31-26-24-22-20-18-16-14-12-10-8-6-4-2/h18,20,62-63,67-68H,3-17,19,21-61H2,1-2H3,(H,66,69)/b20-18-. The molecule has 0 saturated heterocycles. The summed E-state index contributed by atoms with van der Waals surface area (Å²) in [5, 5.41) is 23.4. The predicted octanol–water partition coefficient (Wildman–Crippen LogP) is 20.4. The monoisotopic (exact) mass is 1000 g/mol. The van der Waals surface area contributed by atoms with E-state index in [-0.39, 0.29) is 18.5 Å². The number of ether oxygens (including phenoxy) is 1. The van der Waals surface area contributed by atoms with Gasteiger partial charge < -0.3 is 20.3 Å². The van der Waals surface area contributed by atoms with Gasteiger partial charge in [-0.2, -0.15) is 0 Å². The first kappa shape index (κ1) is 69.6. The van der Waals surface area contributed by atoms with Crippen molar-refractivity contribution in [2.75, 3.05) is 13.2 Å². The summed E-state index contributed by atoms with van der Waals surface area (Å²) in [5.41, 5.74) is 0. The van der Waals surface area contributed by atoms with Crippen molar-refractivity contribution in [1.29, 1.82) is 0 Å². The van der Waals surface area contributed by atoms with E-state index in [1.165, 1.54) is 289 Å². The lowest BCUT2D eigenvalue weighted by molar-refractivity contribution is -0.143. The third-order valence-electron chi connectivity index (χ3n) is 15.3. The molecule has 422 valence electrons. The van der Waals surface area contributed by atoms with Gasteiger partial charge in [-0.3, -0.25) is 9.59 Å². The molecule has 0 saturated carbocycles. The number of esters is 1. The van der Waals surface area contributed by atoms with Crippen LogP contribution in [-0.4, -0.2) is 47.4 Å². The number of carbonyl (C=O) groups is 2. The quantitative estimate of drug-likeness (QED) is 0.0320. The van der Waals surface area contributed by atoms with Crippen LogP contribution in [0.15, 0.2) is 12.2 Å². The molecule has 0 spiro atoms. The van der Waals surface area contributed by atoms with Gasteiger partial charge >= 0.3 is 5.97 Å². The number of aliphatic hydroxyl groups excluding tert-OH is 2. The summed E-state index contributed by atoms with van der Waals surface area (Å²) in [4.78, 5) is 24.6. The molecule has 0 aliphatic heterocycles. The van der Waals surface area contributed by atoms with E-state index < -0.39 is 12.1 Å². The van der Waals surface area contributed by atoms with Crippen LogP contribution in [0, 0.1) is 0 Å². The lowest BCUT2D eigenvalue weighted by Crippen LogP contribution is -2.45. The Bertz CT molecular complexity index is 1060. The molecular formula is C65H127NO5. The van der Waals surface area contributed by atoms with Crippen LogP contribution < -0.4 is 5.32 Å². The third kappa shape index (κ3) is 57.7. The molecule has 0 bridgehead atoms. The molecular weight excluding hydrogens is 875 g/mol. The Morgan fingerprint density at radius 2 is 0.662 bits per heavy atom. The largest absolute Gasteiger partial charge is 0.466 e. The van der Waals surface area contributed by atoms with Gasteiger partial charge in [-0.05, 0) is 51.4 Å². The summed E-state index contributed by atoms with van der Waals surface area (Å²) in [5.74, 6) is -0.0338. The van der Waals surface area contributed by atoms with Crippen molar-refractivity contribution in [3.63, 3.8) is 0 Å². The zero-order valence-corrected chi connectivity index (χ0v) is 48.2. The molecule has 6 nitrogen and oxygen atoms in total. The highest BCUT2D eigenvalue weighted by atomic mass is 16.5. The fourth-order valence-electron chi connectivity index (χ4n) is 10.3. The highest BCUT2D eigenvalue weighted by Crippen LogP contribution is 2.18. The summed E-state index contributed by atoms with van der Waals surface area (Å²) < 4.78 is 5.50. The van der Waals surface area contributed by atoms with Crippen LogP contribution in [-0.2, 0) is 14.3 Å². The van der Waals surface area contributed by atoms with Gasteiger partial charge in [-0.1, -0.05) is 315 Å². The second kappa shape index (κ2) is 61.1. The van der Waals surface area contributed by atoms with E-state index in [1.54, 1.807) is 0 Å². The van der Waals surface area contributed by atoms with Crippen molar-refractivity contribution in [3.05, 3.63) is 12.2 Å². The Hall–Kier alpha value is -1.40. The predicted molar refractivity (Wildman–Crippen MR) is 310 cm³/mol. The fourth-order valence-corrected chi connectivity index (χ4v) is 10.3. The number of carbonyl (C=O) groups excluding carboxylic acids is 2. The van der Waals surface area contributed by atoms with Gasteiger partial charge in [0.05, 0.1) is 25.4 Å². The van der Waals surface area contributed by atoms with Crippen LogP contribution in [0.2, 0.25) is 0 Å². The molecule has 71 heavy (non-hydrogen) atoms. The van der Waals surface area contributed by atoms with Crippen LogP contribution in [0.4, 0.5) is 0 Å². The van der Waals surface area contributed by atoms with Crippen molar-refractivity contribution >= 4 is 11.9 Å². The molecule has 0 radical (unpaired) electrons. The molecule has 0 aliphatic rings. The highest BCUT2D eigenvalue weighted by Gasteiger charge is 2.20. The Balaban J connectivity index is 3.40. The van der Waals surface area contributed by atoms with Gasteiger partial charge in [-0.25, -0.2) is 0 Å². The van der Waals surface area contributed by atoms with E-state index in [9.17, 15) is 19.8 Å². The van der Waals surface area contributed by atoms with Gasteiger partial charge in [-0.15, -0.1) is 0 Å². The summed E-state index contributed by atoms with van der Waals surface area (Å²) in [6.45, 7) is 4.97.